The number of rotatable bonds is 3. The molecule has 146 valence electrons. The maximum Gasteiger partial charge on any atom is 0.416 e. The minimum atomic E-state index is -4.35. The fraction of sp³-hybridized carbons (Fsp3) is 0.632. The quantitative estimate of drug-likeness (QED) is 0.838. The van der Waals surface area contributed by atoms with Gasteiger partial charge in [-0.1, -0.05) is 25.1 Å². The minimum absolute atomic E-state index is 0. The molecule has 0 aliphatic carbocycles. The monoisotopic (exact) mass is 390 g/mol. The zero-order valence-corrected chi connectivity index (χ0v) is 15.8. The molecule has 1 spiro atoms. The van der Waals surface area contributed by atoms with Gasteiger partial charge in [-0.3, -0.25) is 4.79 Å². The highest BCUT2D eigenvalue weighted by Gasteiger charge is 2.38. The topological polar surface area (TPSA) is 32.3 Å². The van der Waals surface area contributed by atoms with Crippen molar-refractivity contribution in [1.82, 2.24) is 10.2 Å². The molecular formula is C19H26ClF3N2O. The third-order valence-electron chi connectivity index (χ3n) is 5.77. The highest BCUT2D eigenvalue weighted by Crippen LogP contribution is 2.37. The van der Waals surface area contributed by atoms with Crippen LogP contribution in [0.1, 0.15) is 49.7 Å². The van der Waals surface area contributed by atoms with Gasteiger partial charge in [0.1, 0.15) is 0 Å². The number of carbonyl (C=O) groups is 1. The Morgan fingerprint density at radius 2 is 1.96 bits per heavy atom. The summed E-state index contributed by atoms with van der Waals surface area (Å²) in [5.41, 5.74) is 0.262. The maximum atomic E-state index is 12.8. The Morgan fingerprint density at radius 3 is 2.54 bits per heavy atom. The summed E-state index contributed by atoms with van der Waals surface area (Å²) in [4.78, 5) is 14.4. The van der Waals surface area contributed by atoms with Gasteiger partial charge in [-0.15, -0.1) is 12.4 Å². The number of halogens is 4. The van der Waals surface area contributed by atoms with E-state index in [1.165, 1.54) is 12.5 Å². The summed E-state index contributed by atoms with van der Waals surface area (Å²) in [5, 5.41) is 3.40. The molecule has 2 fully saturated rings. The summed E-state index contributed by atoms with van der Waals surface area (Å²) in [7, 11) is 0. The zero-order valence-electron chi connectivity index (χ0n) is 14.9. The molecule has 1 N–H and O–H groups in total. The van der Waals surface area contributed by atoms with Gasteiger partial charge in [0.25, 0.3) is 0 Å². The van der Waals surface area contributed by atoms with Gasteiger partial charge >= 0.3 is 6.18 Å². The van der Waals surface area contributed by atoms with Crippen LogP contribution in [0.5, 0.6) is 0 Å². The lowest BCUT2D eigenvalue weighted by molar-refractivity contribution is -0.137. The fourth-order valence-electron chi connectivity index (χ4n) is 3.98. The number of likely N-dealkylation sites (tertiary alicyclic amines) is 1. The van der Waals surface area contributed by atoms with E-state index in [1.54, 1.807) is 6.07 Å². The number of piperidine rings is 1. The Hall–Kier alpha value is -1.27. The molecule has 1 aromatic carbocycles. The van der Waals surface area contributed by atoms with Crippen LogP contribution in [0.15, 0.2) is 24.3 Å². The summed E-state index contributed by atoms with van der Waals surface area (Å²) in [6.07, 6.45) is -0.883. The standard InChI is InChI=1S/C19H25F3N2O.ClH/c1-14(15-3-2-4-16(12-15)19(20,21)22)11-17(25)24-9-6-18(7-10-24)5-8-23-13-18;/h2-4,12,14,23H,5-11,13H2,1H3;1H. The number of nitrogens with one attached hydrogen (secondary N) is 1. The van der Waals surface area contributed by atoms with Crippen LogP contribution in [0, 0.1) is 5.41 Å². The van der Waals surface area contributed by atoms with E-state index in [0.717, 1.165) is 51.2 Å². The maximum absolute atomic E-state index is 12.8. The van der Waals surface area contributed by atoms with Gasteiger partial charge < -0.3 is 10.2 Å². The highest BCUT2D eigenvalue weighted by molar-refractivity contribution is 5.85. The van der Waals surface area contributed by atoms with Crippen molar-refractivity contribution in [2.24, 2.45) is 5.41 Å². The Balaban J connectivity index is 0.00000243. The van der Waals surface area contributed by atoms with Crippen molar-refractivity contribution in [3.8, 4) is 0 Å². The Bertz CT molecular complexity index is 619. The first-order chi connectivity index (χ1) is 11.8. The van der Waals surface area contributed by atoms with Crippen LogP contribution < -0.4 is 5.32 Å². The van der Waals surface area contributed by atoms with E-state index in [9.17, 15) is 18.0 Å². The first kappa shape index (κ1) is 21.0. The highest BCUT2D eigenvalue weighted by atomic mass is 35.5. The third-order valence-corrected chi connectivity index (χ3v) is 5.77. The Kier molecular flexibility index (Phi) is 6.61. The predicted molar refractivity (Wildman–Crippen MR) is 97.5 cm³/mol. The molecule has 7 heteroatoms. The predicted octanol–water partition coefficient (Wildman–Crippen LogP) is 4.22. The first-order valence-electron chi connectivity index (χ1n) is 8.95. The van der Waals surface area contributed by atoms with Gasteiger partial charge in [0, 0.05) is 26.1 Å². The molecule has 1 unspecified atom stereocenters. The van der Waals surface area contributed by atoms with E-state index in [0.29, 0.717) is 11.0 Å². The second-order valence-corrected chi connectivity index (χ2v) is 7.54. The molecule has 3 rings (SSSR count). The Morgan fingerprint density at radius 1 is 1.27 bits per heavy atom. The number of carbonyl (C=O) groups excluding carboxylic acids is 1. The summed E-state index contributed by atoms with van der Waals surface area (Å²) in [6.45, 7) is 5.43. The van der Waals surface area contributed by atoms with Crippen molar-refractivity contribution in [2.75, 3.05) is 26.2 Å². The molecule has 2 saturated heterocycles. The minimum Gasteiger partial charge on any atom is -0.343 e. The summed E-state index contributed by atoms with van der Waals surface area (Å²) < 4.78 is 38.5. The molecular weight excluding hydrogens is 365 g/mol. The van der Waals surface area contributed by atoms with Gasteiger partial charge in [-0.25, -0.2) is 0 Å². The molecule has 26 heavy (non-hydrogen) atoms. The number of hydrogen-bond acceptors (Lipinski definition) is 2. The van der Waals surface area contributed by atoms with Crippen molar-refractivity contribution in [3.05, 3.63) is 35.4 Å². The fourth-order valence-corrected chi connectivity index (χ4v) is 3.98. The van der Waals surface area contributed by atoms with Gasteiger partial charge in [-0.05, 0) is 48.8 Å². The van der Waals surface area contributed by atoms with Crippen LogP contribution in [-0.2, 0) is 11.0 Å². The van der Waals surface area contributed by atoms with E-state index < -0.39 is 11.7 Å². The van der Waals surface area contributed by atoms with Gasteiger partial charge in [0.05, 0.1) is 5.56 Å². The molecule has 1 aromatic rings. The van der Waals surface area contributed by atoms with E-state index in [2.05, 4.69) is 5.32 Å². The average molecular weight is 391 g/mol. The van der Waals surface area contributed by atoms with Crippen molar-refractivity contribution < 1.29 is 18.0 Å². The molecule has 1 atom stereocenters. The largest absolute Gasteiger partial charge is 0.416 e. The SMILES string of the molecule is CC(CC(=O)N1CCC2(CCNC2)CC1)c1cccc(C(F)(F)F)c1.Cl. The molecule has 0 radical (unpaired) electrons. The number of alkyl halides is 3. The van der Waals surface area contributed by atoms with Crippen LogP contribution in [0.4, 0.5) is 13.2 Å². The number of amides is 1. The molecule has 0 saturated carbocycles. The van der Waals surface area contributed by atoms with E-state index in [4.69, 9.17) is 0 Å². The van der Waals surface area contributed by atoms with Gasteiger partial charge in [-0.2, -0.15) is 13.2 Å². The van der Waals surface area contributed by atoms with Crippen LogP contribution in [0.25, 0.3) is 0 Å². The van der Waals surface area contributed by atoms with Crippen molar-refractivity contribution >= 4 is 18.3 Å². The van der Waals surface area contributed by atoms with Gasteiger partial charge in [0.2, 0.25) is 5.91 Å². The second-order valence-electron chi connectivity index (χ2n) is 7.54. The number of benzene rings is 1. The van der Waals surface area contributed by atoms with Crippen LogP contribution in [-0.4, -0.2) is 37.0 Å². The summed E-state index contributed by atoms with van der Waals surface area (Å²) >= 11 is 0. The van der Waals surface area contributed by atoms with E-state index >= 15 is 0 Å². The molecule has 0 aromatic heterocycles. The summed E-state index contributed by atoms with van der Waals surface area (Å²) in [5.74, 6) is -0.176. The smallest absolute Gasteiger partial charge is 0.343 e. The number of nitrogens with zero attached hydrogens (tertiary/aromatic N) is 1. The normalized spacial score (nSPS) is 20.7. The average Bonchev–Trinajstić information content (AvgIpc) is 3.03. The molecule has 2 aliphatic rings. The third kappa shape index (κ3) is 4.71. The van der Waals surface area contributed by atoms with E-state index in [1.807, 2.05) is 11.8 Å². The van der Waals surface area contributed by atoms with Gasteiger partial charge in [0.15, 0.2) is 0 Å². The van der Waals surface area contributed by atoms with Crippen molar-refractivity contribution in [2.45, 2.75) is 44.7 Å². The van der Waals surface area contributed by atoms with Crippen molar-refractivity contribution in [1.29, 1.82) is 0 Å². The first-order valence-corrected chi connectivity index (χ1v) is 8.95. The molecule has 3 nitrogen and oxygen atoms in total. The lowest BCUT2D eigenvalue weighted by Crippen LogP contribution is -2.44. The van der Waals surface area contributed by atoms with Crippen LogP contribution >= 0.6 is 12.4 Å². The lowest BCUT2D eigenvalue weighted by Gasteiger charge is -2.39. The number of hydrogen-bond donors (Lipinski definition) is 1. The second kappa shape index (κ2) is 8.17. The lowest BCUT2D eigenvalue weighted by atomic mass is 9.77. The zero-order chi connectivity index (χ0) is 18.1. The van der Waals surface area contributed by atoms with Crippen LogP contribution in [0.3, 0.4) is 0 Å². The van der Waals surface area contributed by atoms with Crippen LogP contribution in [0.2, 0.25) is 0 Å². The van der Waals surface area contributed by atoms with E-state index in [-0.39, 0.29) is 30.7 Å². The Labute approximate surface area is 158 Å². The molecule has 0 bridgehead atoms. The summed E-state index contributed by atoms with van der Waals surface area (Å²) in [6, 6.07) is 5.31. The van der Waals surface area contributed by atoms with Crippen molar-refractivity contribution in [3.63, 3.8) is 0 Å². The molecule has 2 aliphatic heterocycles. The molecule has 1 amide bonds. The molecule has 2 heterocycles.